The van der Waals surface area contributed by atoms with E-state index in [0.717, 1.165) is 5.56 Å². The minimum absolute atomic E-state index is 0.412. The maximum absolute atomic E-state index is 12.0. The number of rotatable bonds is 4. The van der Waals surface area contributed by atoms with Gasteiger partial charge in [0.25, 0.3) is 5.91 Å². The highest BCUT2D eigenvalue weighted by Crippen LogP contribution is 2.25. The molecule has 1 aromatic carbocycles. The van der Waals surface area contributed by atoms with E-state index in [2.05, 4.69) is 0 Å². The van der Waals surface area contributed by atoms with Crippen molar-refractivity contribution in [2.45, 2.75) is 12.8 Å². The minimum atomic E-state index is -1.17. The standard InChI is InChI=1S/C14H12NO3S/c1-9-5-2-3-6-10(9)18-14(17)12(13(15)16)11-7-4-8-19-11/h2-8,12,15H,1H3. The van der Waals surface area contributed by atoms with Crippen molar-refractivity contribution in [3.8, 4) is 5.75 Å². The molecule has 0 fully saturated rings. The molecule has 97 valence electrons. The Labute approximate surface area is 114 Å². The average molecular weight is 274 g/mol. The Morgan fingerprint density at radius 2 is 1.95 bits per heavy atom. The second-order valence-corrected chi connectivity index (χ2v) is 4.98. The van der Waals surface area contributed by atoms with Crippen LogP contribution in [0.5, 0.6) is 5.75 Å². The Balaban J connectivity index is 2.22. The Bertz CT molecular complexity index is 592. The van der Waals surface area contributed by atoms with E-state index in [-0.39, 0.29) is 0 Å². The van der Waals surface area contributed by atoms with Crippen LogP contribution in [0.25, 0.3) is 0 Å². The van der Waals surface area contributed by atoms with E-state index in [1.807, 2.05) is 19.1 Å². The van der Waals surface area contributed by atoms with E-state index in [9.17, 15) is 9.59 Å². The molecule has 0 aliphatic rings. The normalized spacial score (nSPS) is 11.8. The molecular weight excluding hydrogens is 262 g/mol. The van der Waals surface area contributed by atoms with E-state index < -0.39 is 17.8 Å². The van der Waals surface area contributed by atoms with Crippen LogP contribution in [0.4, 0.5) is 0 Å². The first kappa shape index (κ1) is 13.3. The molecule has 0 aliphatic carbocycles. The van der Waals surface area contributed by atoms with Crippen molar-refractivity contribution in [2.24, 2.45) is 0 Å². The predicted molar refractivity (Wildman–Crippen MR) is 72.0 cm³/mol. The summed E-state index contributed by atoms with van der Waals surface area (Å²) in [5, 5.41) is 1.76. The molecule has 0 spiro atoms. The molecule has 1 aromatic heterocycles. The van der Waals surface area contributed by atoms with E-state index in [0.29, 0.717) is 10.6 Å². The van der Waals surface area contributed by atoms with Crippen molar-refractivity contribution in [1.29, 1.82) is 0 Å². The third-order valence-corrected chi connectivity index (χ3v) is 3.57. The van der Waals surface area contributed by atoms with Crippen LogP contribution in [-0.4, -0.2) is 11.9 Å². The highest BCUT2D eigenvalue weighted by molar-refractivity contribution is 7.10. The highest BCUT2D eigenvalue weighted by Gasteiger charge is 2.30. The molecule has 4 nitrogen and oxygen atoms in total. The van der Waals surface area contributed by atoms with Gasteiger partial charge >= 0.3 is 5.97 Å². The van der Waals surface area contributed by atoms with Gasteiger partial charge in [0, 0.05) is 4.88 Å². The minimum Gasteiger partial charge on any atom is -0.425 e. The molecule has 5 heteroatoms. The van der Waals surface area contributed by atoms with Gasteiger partial charge in [0.1, 0.15) is 5.75 Å². The number of carbonyl (C=O) groups is 2. The van der Waals surface area contributed by atoms with Crippen molar-refractivity contribution < 1.29 is 14.3 Å². The van der Waals surface area contributed by atoms with Gasteiger partial charge in [-0.1, -0.05) is 24.3 Å². The number of esters is 1. The molecule has 0 saturated carbocycles. The molecule has 1 unspecified atom stereocenters. The summed E-state index contributed by atoms with van der Waals surface area (Å²) in [5.74, 6) is -2.42. The number of thiophene rings is 1. The first-order valence-electron chi connectivity index (χ1n) is 5.66. The lowest BCUT2D eigenvalue weighted by Gasteiger charge is -2.12. The van der Waals surface area contributed by atoms with Crippen LogP contribution in [0, 0.1) is 6.92 Å². The number of aryl methyl sites for hydroxylation is 1. The summed E-state index contributed by atoms with van der Waals surface area (Å²) in [5.41, 5.74) is 8.03. The van der Waals surface area contributed by atoms with Crippen LogP contribution in [0.2, 0.25) is 0 Å². The molecule has 1 amide bonds. The van der Waals surface area contributed by atoms with Gasteiger partial charge in [0.05, 0.1) is 0 Å². The quantitative estimate of drug-likeness (QED) is 0.489. The van der Waals surface area contributed by atoms with Crippen molar-refractivity contribution in [3.05, 3.63) is 52.2 Å². The number of para-hydroxylation sites is 1. The second-order valence-electron chi connectivity index (χ2n) is 4.00. The van der Waals surface area contributed by atoms with E-state index in [1.165, 1.54) is 11.3 Å². The van der Waals surface area contributed by atoms with Crippen LogP contribution in [0.3, 0.4) is 0 Å². The van der Waals surface area contributed by atoms with E-state index in [1.54, 1.807) is 29.6 Å². The second kappa shape index (κ2) is 5.67. The van der Waals surface area contributed by atoms with Crippen molar-refractivity contribution in [2.75, 3.05) is 0 Å². The zero-order valence-electron chi connectivity index (χ0n) is 10.3. The third kappa shape index (κ3) is 3.00. The number of hydrogen-bond donors (Lipinski definition) is 0. The lowest BCUT2D eigenvalue weighted by Crippen LogP contribution is -2.26. The van der Waals surface area contributed by atoms with Crippen LogP contribution < -0.4 is 10.5 Å². The topological polar surface area (TPSA) is 67.2 Å². The molecule has 2 aromatic rings. The van der Waals surface area contributed by atoms with Gasteiger partial charge in [-0.3, -0.25) is 15.3 Å². The largest absolute Gasteiger partial charge is 0.425 e. The lowest BCUT2D eigenvalue weighted by atomic mass is 10.1. The number of ether oxygens (including phenoxy) is 1. The Hall–Kier alpha value is -2.14. The summed E-state index contributed by atoms with van der Waals surface area (Å²) in [7, 11) is 0. The van der Waals surface area contributed by atoms with E-state index >= 15 is 0 Å². The third-order valence-electron chi connectivity index (χ3n) is 2.63. The average Bonchev–Trinajstić information content (AvgIpc) is 2.85. The SMILES string of the molecule is Cc1ccccc1OC(=O)C(C([NH])=O)c1cccs1. The number of nitrogens with one attached hydrogen (secondary N) is 1. The van der Waals surface area contributed by atoms with Crippen molar-refractivity contribution >= 4 is 23.2 Å². The molecule has 19 heavy (non-hydrogen) atoms. The molecule has 0 bridgehead atoms. The summed E-state index contributed by atoms with van der Waals surface area (Å²) < 4.78 is 5.22. The highest BCUT2D eigenvalue weighted by atomic mass is 32.1. The summed E-state index contributed by atoms with van der Waals surface area (Å²) in [6, 6.07) is 10.4. The molecule has 1 N–H and O–H groups in total. The lowest BCUT2D eigenvalue weighted by molar-refractivity contribution is -0.140. The van der Waals surface area contributed by atoms with Crippen LogP contribution in [-0.2, 0) is 9.59 Å². The number of carbonyl (C=O) groups excluding carboxylic acids is 2. The predicted octanol–water partition coefficient (Wildman–Crippen LogP) is 2.56. The van der Waals surface area contributed by atoms with Gasteiger partial charge in [-0.2, -0.15) is 0 Å². The van der Waals surface area contributed by atoms with Gasteiger partial charge in [0.2, 0.25) is 0 Å². The summed E-state index contributed by atoms with van der Waals surface area (Å²) >= 11 is 1.26. The molecule has 0 aliphatic heterocycles. The molecular formula is C14H12NO3S. The van der Waals surface area contributed by atoms with Gasteiger partial charge in [-0.25, -0.2) is 0 Å². The van der Waals surface area contributed by atoms with Crippen LogP contribution >= 0.6 is 11.3 Å². The molecule has 1 heterocycles. The zero-order valence-corrected chi connectivity index (χ0v) is 11.1. The molecule has 1 radical (unpaired) electrons. The van der Waals surface area contributed by atoms with Gasteiger partial charge < -0.3 is 4.74 Å². The van der Waals surface area contributed by atoms with Crippen LogP contribution in [0.15, 0.2) is 41.8 Å². The number of benzene rings is 1. The van der Waals surface area contributed by atoms with Gasteiger partial charge in [-0.05, 0) is 30.0 Å². The molecule has 2 rings (SSSR count). The Morgan fingerprint density at radius 1 is 1.21 bits per heavy atom. The fourth-order valence-electron chi connectivity index (χ4n) is 1.65. The van der Waals surface area contributed by atoms with Gasteiger partial charge in [-0.15, -0.1) is 11.3 Å². The van der Waals surface area contributed by atoms with Crippen molar-refractivity contribution in [1.82, 2.24) is 5.73 Å². The summed E-state index contributed by atoms with van der Waals surface area (Å²) in [6.07, 6.45) is 0. The van der Waals surface area contributed by atoms with E-state index in [4.69, 9.17) is 10.5 Å². The fourth-order valence-corrected chi connectivity index (χ4v) is 2.46. The Morgan fingerprint density at radius 3 is 2.53 bits per heavy atom. The number of hydrogen-bond acceptors (Lipinski definition) is 4. The fraction of sp³-hybridized carbons (Fsp3) is 0.143. The maximum Gasteiger partial charge on any atom is 0.329 e. The van der Waals surface area contributed by atoms with Gasteiger partial charge in [0.15, 0.2) is 5.92 Å². The van der Waals surface area contributed by atoms with Crippen LogP contribution in [0.1, 0.15) is 16.4 Å². The first-order valence-corrected chi connectivity index (χ1v) is 6.53. The first-order chi connectivity index (χ1) is 9.09. The molecule has 1 atom stereocenters. The van der Waals surface area contributed by atoms with Crippen molar-refractivity contribution in [3.63, 3.8) is 0 Å². The smallest absolute Gasteiger partial charge is 0.329 e. The molecule has 0 saturated heterocycles. The monoisotopic (exact) mass is 274 g/mol. The summed E-state index contributed by atoms with van der Waals surface area (Å²) in [6.45, 7) is 1.81. The zero-order chi connectivity index (χ0) is 13.8. The summed E-state index contributed by atoms with van der Waals surface area (Å²) in [4.78, 5) is 23.9. The Kier molecular flexibility index (Phi) is 3.97. The maximum atomic E-state index is 12.0. The number of amides is 1.